The summed E-state index contributed by atoms with van der Waals surface area (Å²) < 4.78 is 11.6. The summed E-state index contributed by atoms with van der Waals surface area (Å²) in [5.41, 5.74) is 7.94. The highest BCUT2D eigenvalue weighted by molar-refractivity contribution is 5.85. The Bertz CT molecular complexity index is 793. The van der Waals surface area contributed by atoms with Gasteiger partial charge in [0.2, 0.25) is 0 Å². The van der Waals surface area contributed by atoms with E-state index in [-0.39, 0.29) is 0 Å². The summed E-state index contributed by atoms with van der Waals surface area (Å²) in [7, 11) is 1.66. The minimum absolute atomic E-state index is 0.499. The molecule has 0 saturated carbocycles. The van der Waals surface area contributed by atoms with Crippen molar-refractivity contribution in [2.24, 2.45) is 5.73 Å². The van der Waals surface area contributed by atoms with Gasteiger partial charge < -0.3 is 15.2 Å². The van der Waals surface area contributed by atoms with Gasteiger partial charge in [0.1, 0.15) is 6.61 Å². The molecule has 2 N–H and O–H groups in total. The van der Waals surface area contributed by atoms with E-state index in [9.17, 15) is 0 Å². The lowest BCUT2D eigenvalue weighted by molar-refractivity contribution is 0.282. The number of hydrogen-bond donors (Lipinski definition) is 1. The standard InChI is InChI=1S/C20H21NO2/c1-22-19-11-5-8-16(12-13-21)20(19)23-14-17-9-4-7-15-6-2-3-10-18(15)17/h2-11H,12-14,21H2,1H3. The molecule has 3 rings (SSSR count). The quantitative estimate of drug-likeness (QED) is 0.750. The maximum atomic E-state index is 6.13. The Kier molecular flexibility index (Phi) is 4.79. The van der Waals surface area contributed by atoms with Gasteiger partial charge in [0, 0.05) is 0 Å². The van der Waals surface area contributed by atoms with E-state index >= 15 is 0 Å². The Morgan fingerprint density at radius 2 is 1.61 bits per heavy atom. The lowest BCUT2D eigenvalue weighted by Crippen LogP contribution is -2.06. The van der Waals surface area contributed by atoms with Gasteiger partial charge in [-0.15, -0.1) is 0 Å². The molecule has 3 heteroatoms. The molecule has 0 aliphatic heterocycles. The maximum Gasteiger partial charge on any atom is 0.164 e. The fraction of sp³-hybridized carbons (Fsp3) is 0.200. The molecule has 118 valence electrons. The summed E-state index contributed by atoms with van der Waals surface area (Å²) in [6, 6.07) is 20.5. The molecule has 0 fully saturated rings. The highest BCUT2D eigenvalue weighted by Gasteiger charge is 2.11. The first-order chi connectivity index (χ1) is 11.3. The van der Waals surface area contributed by atoms with E-state index in [1.807, 2.05) is 24.3 Å². The van der Waals surface area contributed by atoms with Gasteiger partial charge in [-0.2, -0.15) is 0 Å². The fourth-order valence-electron chi connectivity index (χ4n) is 2.81. The number of fused-ring (bicyclic) bond motifs is 1. The van der Waals surface area contributed by atoms with E-state index in [4.69, 9.17) is 15.2 Å². The van der Waals surface area contributed by atoms with Crippen LogP contribution in [-0.2, 0) is 13.0 Å². The predicted molar refractivity (Wildman–Crippen MR) is 94.0 cm³/mol. The molecule has 0 spiro atoms. The normalized spacial score (nSPS) is 10.7. The van der Waals surface area contributed by atoms with Gasteiger partial charge >= 0.3 is 0 Å². The lowest BCUT2D eigenvalue weighted by atomic mass is 10.1. The molecule has 0 radical (unpaired) electrons. The number of hydrogen-bond acceptors (Lipinski definition) is 3. The molecule has 23 heavy (non-hydrogen) atoms. The smallest absolute Gasteiger partial charge is 0.164 e. The Morgan fingerprint density at radius 1 is 0.870 bits per heavy atom. The third-order valence-electron chi connectivity index (χ3n) is 3.95. The molecular weight excluding hydrogens is 286 g/mol. The summed E-state index contributed by atoms with van der Waals surface area (Å²) in [6.45, 7) is 1.08. The third-order valence-corrected chi connectivity index (χ3v) is 3.95. The van der Waals surface area contributed by atoms with Crippen LogP contribution in [0.3, 0.4) is 0 Å². The van der Waals surface area contributed by atoms with Crippen molar-refractivity contribution in [3.63, 3.8) is 0 Å². The number of para-hydroxylation sites is 1. The van der Waals surface area contributed by atoms with Gasteiger partial charge in [-0.1, -0.05) is 54.6 Å². The number of nitrogens with two attached hydrogens (primary N) is 1. The fourth-order valence-corrected chi connectivity index (χ4v) is 2.81. The molecule has 0 bridgehead atoms. The number of rotatable bonds is 6. The lowest BCUT2D eigenvalue weighted by Gasteiger charge is -2.15. The Balaban J connectivity index is 1.90. The molecule has 0 atom stereocenters. The second kappa shape index (κ2) is 7.16. The van der Waals surface area contributed by atoms with Crippen molar-refractivity contribution in [3.8, 4) is 11.5 Å². The molecule has 0 saturated heterocycles. The Hall–Kier alpha value is -2.52. The van der Waals surface area contributed by atoms with E-state index < -0.39 is 0 Å². The van der Waals surface area contributed by atoms with Crippen LogP contribution >= 0.6 is 0 Å². The molecule has 0 heterocycles. The molecule has 3 aromatic rings. The van der Waals surface area contributed by atoms with Crippen molar-refractivity contribution in [2.45, 2.75) is 13.0 Å². The van der Waals surface area contributed by atoms with Crippen molar-refractivity contribution in [2.75, 3.05) is 13.7 Å². The van der Waals surface area contributed by atoms with Crippen LogP contribution < -0.4 is 15.2 Å². The van der Waals surface area contributed by atoms with Gasteiger partial charge in [-0.3, -0.25) is 0 Å². The summed E-state index contributed by atoms with van der Waals surface area (Å²) in [5, 5.41) is 2.43. The van der Waals surface area contributed by atoms with Crippen LogP contribution in [0.25, 0.3) is 10.8 Å². The minimum Gasteiger partial charge on any atom is -0.493 e. The summed E-state index contributed by atoms with van der Waals surface area (Å²) in [4.78, 5) is 0. The zero-order valence-corrected chi connectivity index (χ0v) is 13.3. The molecule has 0 amide bonds. The van der Waals surface area contributed by atoms with E-state index in [0.29, 0.717) is 13.2 Å². The first kappa shape index (κ1) is 15.4. The SMILES string of the molecule is COc1cccc(CCN)c1OCc1cccc2ccccc12. The van der Waals surface area contributed by atoms with Crippen LogP contribution in [0, 0.1) is 0 Å². The Morgan fingerprint density at radius 3 is 2.43 bits per heavy atom. The van der Waals surface area contributed by atoms with Crippen molar-refractivity contribution in [1.29, 1.82) is 0 Å². The molecule has 0 aromatic heterocycles. The summed E-state index contributed by atoms with van der Waals surface area (Å²) in [6.07, 6.45) is 0.766. The highest BCUT2D eigenvalue weighted by Crippen LogP contribution is 2.32. The Labute approximate surface area is 136 Å². The average Bonchev–Trinajstić information content (AvgIpc) is 2.60. The summed E-state index contributed by atoms with van der Waals surface area (Å²) in [5.74, 6) is 1.53. The monoisotopic (exact) mass is 307 g/mol. The highest BCUT2D eigenvalue weighted by atomic mass is 16.5. The third kappa shape index (κ3) is 3.30. The van der Waals surface area contributed by atoms with E-state index in [1.165, 1.54) is 10.8 Å². The predicted octanol–water partition coefficient (Wildman–Crippen LogP) is 3.93. The summed E-state index contributed by atoms with van der Waals surface area (Å²) >= 11 is 0. The van der Waals surface area contributed by atoms with Crippen LogP contribution in [-0.4, -0.2) is 13.7 Å². The van der Waals surface area contributed by atoms with Gasteiger partial charge in [0.05, 0.1) is 7.11 Å². The molecule has 3 nitrogen and oxygen atoms in total. The molecule has 0 unspecified atom stereocenters. The van der Waals surface area contributed by atoms with Crippen LogP contribution in [0.15, 0.2) is 60.7 Å². The number of benzene rings is 3. The van der Waals surface area contributed by atoms with Gasteiger partial charge in [0.25, 0.3) is 0 Å². The van der Waals surface area contributed by atoms with Crippen LogP contribution in [0.4, 0.5) is 0 Å². The molecular formula is C20H21NO2. The van der Waals surface area contributed by atoms with Crippen molar-refractivity contribution in [3.05, 3.63) is 71.8 Å². The second-order valence-corrected chi connectivity index (χ2v) is 5.41. The van der Waals surface area contributed by atoms with Crippen molar-refractivity contribution < 1.29 is 9.47 Å². The van der Waals surface area contributed by atoms with E-state index in [1.54, 1.807) is 7.11 Å². The average molecular weight is 307 g/mol. The number of ether oxygens (including phenoxy) is 2. The molecule has 0 aliphatic carbocycles. The van der Waals surface area contributed by atoms with Gasteiger partial charge in [-0.05, 0) is 40.9 Å². The van der Waals surface area contributed by atoms with E-state index in [2.05, 4.69) is 36.4 Å². The first-order valence-electron chi connectivity index (χ1n) is 7.79. The molecule has 3 aromatic carbocycles. The van der Waals surface area contributed by atoms with Crippen LogP contribution in [0.5, 0.6) is 11.5 Å². The minimum atomic E-state index is 0.499. The zero-order valence-electron chi connectivity index (χ0n) is 13.3. The number of methoxy groups -OCH3 is 1. The van der Waals surface area contributed by atoms with Crippen LogP contribution in [0.1, 0.15) is 11.1 Å². The zero-order chi connectivity index (χ0) is 16.1. The first-order valence-corrected chi connectivity index (χ1v) is 7.79. The largest absolute Gasteiger partial charge is 0.493 e. The molecule has 0 aliphatic rings. The van der Waals surface area contributed by atoms with Crippen molar-refractivity contribution >= 4 is 10.8 Å². The van der Waals surface area contributed by atoms with Crippen molar-refractivity contribution in [1.82, 2.24) is 0 Å². The van der Waals surface area contributed by atoms with E-state index in [0.717, 1.165) is 29.0 Å². The van der Waals surface area contributed by atoms with Crippen LogP contribution in [0.2, 0.25) is 0 Å². The van der Waals surface area contributed by atoms with Gasteiger partial charge in [-0.25, -0.2) is 0 Å². The topological polar surface area (TPSA) is 44.5 Å². The van der Waals surface area contributed by atoms with Gasteiger partial charge in [0.15, 0.2) is 11.5 Å². The maximum absolute atomic E-state index is 6.13. The second-order valence-electron chi connectivity index (χ2n) is 5.41.